The Morgan fingerprint density at radius 3 is 2.59 bits per heavy atom. The molecule has 1 N–H and O–H groups in total. The van der Waals surface area contributed by atoms with Crippen LogP contribution >= 0.6 is 0 Å². The van der Waals surface area contributed by atoms with Crippen LogP contribution in [0, 0.1) is 6.92 Å². The number of carbonyl (C=O) groups is 1. The van der Waals surface area contributed by atoms with Crippen LogP contribution in [0.1, 0.15) is 26.5 Å². The highest BCUT2D eigenvalue weighted by Gasteiger charge is 2.18. The van der Waals surface area contributed by atoms with Gasteiger partial charge in [0.15, 0.2) is 5.75 Å². The number of rotatable bonds is 2. The van der Waals surface area contributed by atoms with E-state index in [0.717, 1.165) is 0 Å². The molecule has 1 amide bonds. The molecular weight excluding hydrogens is 220 g/mol. The minimum Gasteiger partial charge on any atom is -0.493 e. The molecule has 94 valence electrons. The van der Waals surface area contributed by atoms with Gasteiger partial charge >= 0.3 is 6.09 Å². The maximum absolute atomic E-state index is 11.6. The number of hydrogen-bond donors (Lipinski definition) is 1. The lowest BCUT2D eigenvalue weighted by Crippen LogP contribution is -2.27. The van der Waals surface area contributed by atoms with Crippen LogP contribution in [0.4, 0.5) is 10.5 Å². The number of aryl methyl sites for hydroxylation is 1. The maximum atomic E-state index is 11.6. The van der Waals surface area contributed by atoms with Gasteiger partial charge in [-0.2, -0.15) is 0 Å². The molecule has 5 heteroatoms. The lowest BCUT2D eigenvalue weighted by Gasteiger charge is -2.20. The first-order valence-corrected chi connectivity index (χ1v) is 5.33. The van der Waals surface area contributed by atoms with Gasteiger partial charge in [0.2, 0.25) is 0 Å². The summed E-state index contributed by atoms with van der Waals surface area (Å²) in [5, 5.41) is 2.63. The van der Waals surface area contributed by atoms with E-state index in [-0.39, 0.29) is 0 Å². The van der Waals surface area contributed by atoms with E-state index in [9.17, 15) is 4.79 Å². The molecule has 0 aliphatic carbocycles. The van der Waals surface area contributed by atoms with Crippen molar-refractivity contribution in [3.05, 3.63) is 18.0 Å². The van der Waals surface area contributed by atoms with Crippen molar-refractivity contribution < 1.29 is 14.3 Å². The fourth-order valence-electron chi connectivity index (χ4n) is 1.32. The Morgan fingerprint density at radius 2 is 2.06 bits per heavy atom. The maximum Gasteiger partial charge on any atom is 0.412 e. The number of aromatic nitrogens is 1. The molecule has 0 saturated carbocycles. The fourth-order valence-corrected chi connectivity index (χ4v) is 1.32. The molecule has 0 aliphatic heterocycles. The van der Waals surface area contributed by atoms with Gasteiger partial charge in [0.05, 0.1) is 18.5 Å². The van der Waals surface area contributed by atoms with E-state index >= 15 is 0 Å². The first kappa shape index (κ1) is 13.3. The van der Waals surface area contributed by atoms with Gasteiger partial charge in [0.1, 0.15) is 5.60 Å². The van der Waals surface area contributed by atoms with Crippen molar-refractivity contribution in [1.29, 1.82) is 0 Å². The molecule has 0 saturated heterocycles. The van der Waals surface area contributed by atoms with E-state index in [4.69, 9.17) is 9.47 Å². The third-order valence-corrected chi connectivity index (χ3v) is 1.92. The van der Waals surface area contributed by atoms with Crippen molar-refractivity contribution in [2.45, 2.75) is 33.3 Å². The lowest BCUT2D eigenvalue weighted by molar-refractivity contribution is 0.0635. The van der Waals surface area contributed by atoms with E-state index in [1.165, 1.54) is 7.11 Å². The number of nitrogens with zero attached hydrogens (tertiary/aromatic N) is 1. The Morgan fingerprint density at radius 1 is 1.41 bits per heavy atom. The highest BCUT2D eigenvalue weighted by molar-refractivity contribution is 5.87. The third-order valence-electron chi connectivity index (χ3n) is 1.92. The van der Waals surface area contributed by atoms with E-state index < -0.39 is 11.7 Å². The number of ether oxygens (including phenoxy) is 2. The number of hydrogen-bond acceptors (Lipinski definition) is 4. The zero-order valence-corrected chi connectivity index (χ0v) is 10.8. The SMILES string of the molecule is COc1c(NC(=O)OC(C)(C)C)ccnc1C. The Labute approximate surface area is 101 Å². The Kier molecular flexibility index (Phi) is 3.93. The first-order chi connectivity index (χ1) is 7.83. The van der Waals surface area contributed by atoms with Crippen molar-refractivity contribution in [2.75, 3.05) is 12.4 Å². The summed E-state index contributed by atoms with van der Waals surface area (Å²) in [6, 6.07) is 1.66. The highest BCUT2D eigenvalue weighted by Crippen LogP contribution is 2.26. The van der Waals surface area contributed by atoms with Gasteiger partial charge < -0.3 is 9.47 Å². The molecule has 1 aromatic heterocycles. The highest BCUT2D eigenvalue weighted by atomic mass is 16.6. The average Bonchev–Trinajstić information content (AvgIpc) is 2.14. The van der Waals surface area contributed by atoms with Gasteiger partial charge in [0.25, 0.3) is 0 Å². The van der Waals surface area contributed by atoms with Crippen LogP contribution in [0.2, 0.25) is 0 Å². The predicted octanol–water partition coefficient (Wildman–Crippen LogP) is 2.75. The van der Waals surface area contributed by atoms with Crippen molar-refractivity contribution in [3.63, 3.8) is 0 Å². The number of amides is 1. The summed E-state index contributed by atoms with van der Waals surface area (Å²) in [7, 11) is 1.53. The fraction of sp³-hybridized carbons (Fsp3) is 0.500. The summed E-state index contributed by atoms with van der Waals surface area (Å²) in [6.07, 6.45) is 1.09. The van der Waals surface area contributed by atoms with Gasteiger partial charge in [-0.25, -0.2) is 4.79 Å². The number of methoxy groups -OCH3 is 1. The second-order valence-corrected chi connectivity index (χ2v) is 4.60. The van der Waals surface area contributed by atoms with Crippen molar-refractivity contribution >= 4 is 11.8 Å². The van der Waals surface area contributed by atoms with Crippen molar-refractivity contribution in [2.24, 2.45) is 0 Å². The van der Waals surface area contributed by atoms with E-state index in [2.05, 4.69) is 10.3 Å². The van der Waals surface area contributed by atoms with Gasteiger partial charge in [-0.15, -0.1) is 0 Å². The molecule has 0 fully saturated rings. The van der Waals surface area contributed by atoms with Crippen LogP contribution in [-0.4, -0.2) is 23.8 Å². The van der Waals surface area contributed by atoms with Crippen molar-refractivity contribution in [1.82, 2.24) is 4.98 Å². The number of nitrogens with one attached hydrogen (secondary N) is 1. The second kappa shape index (κ2) is 5.03. The van der Waals surface area contributed by atoms with Gasteiger partial charge in [-0.3, -0.25) is 10.3 Å². The largest absolute Gasteiger partial charge is 0.493 e. The summed E-state index contributed by atoms with van der Waals surface area (Å²) >= 11 is 0. The van der Waals surface area contributed by atoms with E-state index in [0.29, 0.717) is 17.1 Å². The second-order valence-electron chi connectivity index (χ2n) is 4.60. The number of anilines is 1. The number of pyridine rings is 1. The molecular formula is C12H18N2O3. The first-order valence-electron chi connectivity index (χ1n) is 5.33. The number of carbonyl (C=O) groups excluding carboxylic acids is 1. The minimum atomic E-state index is -0.528. The molecule has 17 heavy (non-hydrogen) atoms. The summed E-state index contributed by atoms with van der Waals surface area (Å²) in [6.45, 7) is 7.23. The lowest BCUT2D eigenvalue weighted by atomic mass is 10.2. The summed E-state index contributed by atoms with van der Waals surface area (Å²) in [4.78, 5) is 15.7. The van der Waals surface area contributed by atoms with Crippen LogP contribution in [0.5, 0.6) is 5.75 Å². The topological polar surface area (TPSA) is 60.5 Å². The average molecular weight is 238 g/mol. The molecule has 0 unspecified atom stereocenters. The van der Waals surface area contributed by atoms with Gasteiger partial charge in [0, 0.05) is 6.20 Å². The zero-order valence-electron chi connectivity index (χ0n) is 10.8. The molecule has 1 heterocycles. The zero-order chi connectivity index (χ0) is 13.1. The Hall–Kier alpha value is -1.78. The van der Waals surface area contributed by atoms with Crippen LogP contribution in [0.15, 0.2) is 12.3 Å². The summed E-state index contributed by atoms with van der Waals surface area (Å²) in [5.41, 5.74) is 0.731. The molecule has 0 aliphatic rings. The molecule has 0 bridgehead atoms. The normalized spacial score (nSPS) is 10.9. The monoisotopic (exact) mass is 238 g/mol. The Balaban J connectivity index is 2.82. The third kappa shape index (κ3) is 3.94. The molecule has 5 nitrogen and oxygen atoms in total. The minimum absolute atomic E-state index is 0.513. The quantitative estimate of drug-likeness (QED) is 0.860. The molecule has 0 atom stereocenters. The molecule has 0 spiro atoms. The molecule has 0 radical (unpaired) electrons. The van der Waals surface area contributed by atoms with Crippen LogP contribution in [0.25, 0.3) is 0 Å². The standard InChI is InChI=1S/C12H18N2O3/c1-8-10(16-5)9(6-7-13-8)14-11(15)17-12(2,3)4/h6-7H,1-5H3,(H,13,14,15). The van der Waals surface area contributed by atoms with Crippen molar-refractivity contribution in [3.8, 4) is 5.75 Å². The Bertz CT molecular complexity index is 411. The molecule has 1 rings (SSSR count). The van der Waals surface area contributed by atoms with Crippen LogP contribution in [-0.2, 0) is 4.74 Å². The van der Waals surface area contributed by atoms with Gasteiger partial charge in [-0.1, -0.05) is 0 Å². The van der Waals surface area contributed by atoms with E-state index in [1.54, 1.807) is 19.2 Å². The van der Waals surface area contributed by atoms with Gasteiger partial charge in [-0.05, 0) is 33.8 Å². The van der Waals surface area contributed by atoms with Crippen LogP contribution < -0.4 is 10.1 Å². The predicted molar refractivity (Wildman–Crippen MR) is 65.4 cm³/mol. The van der Waals surface area contributed by atoms with E-state index in [1.807, 2.05) is 20.8 Å². The smallest absolute Gasteiger partial charge is 0.412 e. The van der Waals surface area contributed by atoms with Crippen LogP contribution in [0.3, 0.4) is 0 Å². The summed E-state index contributed by atoms with van der Waals surface area (Å²) < 4.78 is 10.3. The molecule has 1 aromatic rings. The molecule has 0 aromatic carbocycles. The summed E-state index contributed by atoms with van der Waals surface area (Å²) in [5.74, 6) is 0.540.